The molecule has 1 N–H and O–H groups in total. The zero-order valence-electron chi connectivity index (χ0n) is 8.60. The van der Waals surface area contributed by atoms with Crippen molar-refractivity contribution < 1.29 is 4.39 Å². The van der Waals surface area contributed by atoms with Gasteiger partial charge >= 0.3 is 0 Å². The van der Waals surface area contributed by atoms with Gasteiger partial charge in [-0.15, -0.1) is 0 Å². The van der Waals surface area contributed by atoms with Crippen LogP contribution in [-0.4, -0.2) is 12.6 Å². The van der Waals surface area contributed by atoms with E-state index < -0.39 is 0 Å². The van der Waals surface area contributed by atoms with Gasteiger partial charge in [0.05, 0.1) is 0 Å². The highest BCUT2D eigenvalue weighted by Crippen LogP contribution is 2.19. The number of benzene rings is 1. The Bertz CT molecular complexity index is 336. The monoisotopic (exact) mass is 227 g/mol. The summed E-state index contributed by atoms with van der Waals surface area (Å²) >= 11 is 5.92. The fraction of sp³-hybridized carbons (Fsp3) is 0.500. The van der Waals surface area contributed by atoms with Crippen LogP contribution in [0.3, 0.4) is 0 Å². The minimum Gasteiger partial charge on any atom is -0.314 e. The molecule has 82 valence electrons. The van der Waals surface area contributed by atoms with Crippen LogP contribution in [0.4, 0.5) is 4.39 Å². The van der Waals surface area contributed by atoms with E-state index in [0.29, 0.717) is 11.1 Å². The molecule has 1 nitrogen and oxygen atoms in total. The Hall–Kier alpha value is -0.600. The van der Waals surface area contributed by atoms with Crippen molar-refractivity contribution in [2.75, 3.05) is 6.54 Å². The van der Waals surface area contributed by atoms with E-state index in [-0.39, 0.29) is 5.82 Å². The molecule has 0 saturated heterocycles. The Labute approximate surface area is 94.6 Å². The van der Waals surface area contributed by atoms with E-state index in [1.54, 1.807) is 6.07 Å². The molecule has 0 heterocycles. The molecule has 1 aromatic rings. The maximum atomic E-state index is 12.8. The fourth-order valence-electron chi connectivity index (χ4n) is 1.75. The second-order valence-electron chi connectivity index (χ2n) is 4.07. The van der Waals surface area contributed by atoms with E-state index in [0.717, 1.165) is 18.5 Å². The van der Waals surface area contributed by atoms with Gasteiger partial charge in [-0.05, 0) is 43.5 Å². The van der Waals surface area contributed by atoms with Crippen molar-refractivity contribution in [2.45, 2.75) is 31.7 Å². The molecule has 0 radical (unpaired) electrons. The molecule has 0 amide bonds. The third kappa shape index (κ3) is 2.93. The van der Waals surface area contributed by atoms with Gasteiger partial charge in [-0.3, -0.25) is 0 Å². The molecule has 0 bridgehead atoms. The highest BCUT2D eigenvalue weighted by molar-refractivity contribution is 6.31. The van der Waals surface area contributed by atoms with Crippen molar-refractivity contribution in [3.05, 3.63) is 34.6 Å². The van der Waals surface area contributed by atoms with Crippen molar-refractivity contribution >= 4 is 11.6 Å². The minimum absolute atomic E-state index is 0.268. The molecule has 0 atom stereocenters. The Morgan fingerprint density at radius 1 is 1.40 bits per heavy atom. The molecule has 1 aromatic carbocycles. The first-order chi connectivity index (χ1) is 7.25. The SMILES string of the molecule is Fc1ccc(CCNC2CCC2)c(Cl)c1. The highest BCUT2D eigenvalue weighted by Gasteiger charge is 2.15. The summed E-state index contributed by atoms with van der Waals surface area (Å²) in [5, 5.41) is 3.99. The zero-order chi connectivity index (χ0) is 10.7. The smallest absolute Gasteiger partial charge is 0.124 e. The summed E-state index contributed by atoms with van der Waals surface area (Å²) in [6.45, 7) is 0.927. The highest BCUT2D eigenvalue weighted by atomic mass is 35.5. The fourth-order valence-corrected chi connectivity index (χ4v) is 2.01. The maximum Gasteiger partial charge on any atom is 0.124 e. The van der Waals surface area contributed by atoms with Gasteiger partial charge in [0.2, 0.25) is 0 Å². The normalized spacial score (nSPS) is 16.4. The van der Waals surface area contributed by atoms with Crippen LogP contribution in [0.15, 0.2) is 18.2 Å². The van der Waals surface area contributed by atoms with Crippen molar-refractivity contribution in [3.63, 3.8) is 0 Å². The zero-order valence-corrected chi connectivity index (χ0v) is 9.36. The van der Waals surface area contributed by atoms with Gasteiger partial charge in [-0.2, -0.15) is 0 Å². The first-order valence-electron chi connectivity index (χ1n) is 5.43. The predicted octanol–water partition coefficient (Wildman–Crippen LogP) is 3.16. The molecular weight excluding hydrogens is 213 g/mol. The molecule has 0 aromatic heterocycles. The van der Waals surface area contributed by atoms with Crippen LogP contribution in [0.25, 0.3) is 0 Å². The van der Waals surface area contributed by atoms with E-state index in [9.17, 15) is 4.39 Å². The second-order valence-corrected chi connectivity index (χ2v) is 4.47. The van der Waals surface area contributed by atoms with E-state index in [2.05, 4.69) is 5.32 Å². The van der Waals surface area contributed by atoms with E-state index in [1.165, 1.54) is 31.4 Å². The third-order valence-corrected chi connectivity index (χ3v) is 3.30. The van der Waals surface area contributed by atoms with Gasteiger partial charge in [0, 0.05) is 11.1 Å². The van der Waals surface area contributed by atoms with Crippen LogP contribution in [-0.2, 0) is 6.42 Å². The molecule has 2 rings (SSSR count). The maximum absolute atomic E-state index is 12.8. The number of halogens is 2. The lowest BCUT2D eigenvalue weighted by Gasteiger charge is -2.26. The first kappa shape index (κ1) is 10.9. The summed E-state index contributed by atoms with van der Waals surface area (Å²) in [6, 6.07) is 5.30. The lowest BCUT2D eigenvalue weighted by atomic mass is 9.93. The quantitative estimate of drug-likeness (QED) is 0.833. The van der Waals surface area contributed by atoms with Crippen molar-refractivity contribution in [1.29, 1.82) is 0 Å². The molecule has 3 heteroatoms. The van der Waals surface area contributed by atoms with Crippen molar-refractivity contribution in [3.8, 4) is 0 Å². The average molecular weight is 228 g/mol. The molecule has 0 unspecified atom stereocenters. The second kappa shape index (κ2) is 4.95. The van der Waals surface area contributed by atoms with Gasteiger partial charge in [0.15, 0.2) is 0 Å². The molecule has 1 aliphatic rings. The van der Waals surface area contributed by atoms with Crippen LogP contribution in [0.1, 0.15) is 24.8 Å². The summed E-state index contributed by atoms with van der Waals surface area (Å²) in [6.07, 6.45) is 4.79. The standard InChI is InChI=1S/C12H15ClFN/c13-12-8-10(14)5-4-9(12)6-7-15-11-2-1-3-11/h4-5,8,11,15H,1-3,6-7H2. The van der Waals surface area contributed by atoms with Crippen molar-refractivity contribution in [2.24, 2.45) is 0 Å². The van der Waals surface area contributed by atoms with Crippen molar-refractivity contribution in [1.82, 2.24) is 5.32 Å². The third-order valence-electron chi connectivity index (χ3n) is 2.95. The molecule has 0 spiro atoms. The summed E-state index contributed by atoms with van der Waals surface area (Å²) in [5.41, 5.74) is 1.02. The Morgan fingerprint density at radius 2 is 2.20 bits per heavy atom. The largest absolute Gasteiger partial charge is 0.314 e. The van der Waals surface area contributed by atoms with Gasteiger partial charge in [-0.1, -0.05) is 24.1 Å². The molecule has 1 fully saturated rings. The number of hydrogen-bond acceptors (Lipinski definition) is 1. The van der Waals surface area contributed by atoms with E-state index >= 15 is 0 Å². The van der Waals surface area contributed by atoms with Crippen LogP contribution in [0.2, 0.25) is 5.02 Å². The molecule has 1 aliphatic carbocycles. The topological polar surface area (TPSA) is 12.0 Å². The Balaban J connectivity index is 1.81. The molecule has 1 saturated carbocycles. The molecule has 0 aliphatic heterocycles. The molecule has 15 heavy (non-hydrogen) atoms. The van der Waals surface area contributed by atoms with Gasteiger partial charge in [0.1, 0.15) is 5.82 Å². The summed E-state index contributed by atoms with van der Waals surface area (Å²) in [7, 11) is 0. The summed E-state index contributed by atoms with van der Waals surface area (Å²) in [4.78, 5) is 0. The van der Waals surface area contributed by atoms with Crippen LogP contribution in [0, 0.1) is 5.82 Å². The number of rotatable bonds is 4. The lowest BCUT2D eigenvalue weighted by Crippen LogP contribution is -2.36. The predicted molar refractivity (Wildman–Crippen MR) is 60.8 cm³/mol. The lowest BCUT2D eigenvalue weighted by molar-refractivity contribution is 0.342. The van der Waals surface area contributed by atoms with E-state index in [4.69, 9.17) is 11.6 Å². The average Bonchev–Trinajstić information content (AvgIpc) is 2.12. The number of hydrogen-bond donors (Lipinski definition) is 1. The summed E-state index contributed by atoms with van der Waals surface area (Å²) in [5.74, 6) is -0.268. The number of nitrogens with one attached hydrogen (secondary N) is 1. The van der Waals surface area contributed by atoms with Crippen LogP contribution in [0.5, 0.6) is 0 Å². The van der Waals surface area contributed by atoms with E-state index in [1.807, 2.05) is 0 Å². The van der Waals surface area contributed by atoms with Gasteiger partial charge in [0.25, 0.3) is 0 Å². The van der Waals surface area contributed by atoms with Crippen LogP contribution >= 0.6 is 11.6 Å². The van der Waals surface area contributed by atoms with Gasteiger partial charge in [-0.25, -0.2) is 4.39 Å². The molecular formula is C12H15ClFN. The summed E-state index contributed by atoms with van der Waals surface area (Å²) < 4.78 is 12.8. The minimum atomic E-state index is -0.268. The van der Waals surface area contributed by atoms with Crippen LogP contribution < -0.4 is 5.32 Å². The first-order valence-corrected chi connectivity index (χ1v) is 5.81. The Morgan fingerprint density at radius 3 is 2.80 bits per heavy atom. The Kier molecular flexibility index (Phi) is 3.60. The van der Waals surface area contributed by atoms with Gasteiger partial charge < -0.3 is 5.32 Å².